The lowest BCUT2D eigenvalue weighted by molar-refractivity contribution is 0.0912. The van der Waals surface area contributed by atoms with Gasteiger partial charge in [-0.1, -0.05) is 37.5 Å². The number of carbonyl (C=O) groups is 1. The zero-order valence-electron chi connectivity index (χ0n) is 19.7. The number of carbonyl (C=O) groups excluding carboxylic acids is 1. The minimum absolute atomic E-state index is 0.168. The Morgan fingerprint density at radius 2 is 1.81 bits per heavy atom. The van der Waals surface area contributed by atoms with E-state index in [9.17, 15) is 4.79 Å². The molecule has 0 bridgehead atoms. The summed E-state index contributed by atoms with van der Waals surface area (Å²) in [6, 6.07) is 9.17. The minimum atomic E-state index is 0.168. The standard InChI is InChI=1S/C27H43N3O/c1-23(31)26-11-7-9-24(19-26)20-29(18-17-28-14-5-2-6-15-28)21-25-10-8-16-30(22-25)27-12-3-4-13-27/h7,9,11,19,25,27H,2-6,8,10,12-18,20-22H2,1H3. The molecule has 1 saturated carbocycles. The van der Waals surface area contributed by atoms with E-state index < -0.39 is 0 Å². The first kappa shape index (κ1) is 22.9. The number of rotatable bonds is 9. The molecule has 31 heavy (non-hydrogen) atoms. The molecule has 2 saturated heterocycles. The van der Waals surface area contributed by atoms with Crippen LogP contribution in [0.2, 0.25) is 0 Å². The zero-order chi connectivity index (χ0) is 21.5. The van der Waals surface area contributed by atoms with E-state index in [0.29, 0.717) is 0 Å². The molecule has 2 aliphatic heterocycles. The van der Waals surface area contributed by atoms with Crippen LogP contribution in [0.4, 0.5) is 0 Å². The Morgan fingerprint density at radius 3 is 2.58 bits per heavy atom. The molecule has 0 amide bonds. The molecule has 1 aromatic carbocycles. The molecule has 0 aromatic heterocycles. The third-order valence-electron chi connectivity index (χ3n) is 7.83. The molecule has 1 unspecified atom stereocenters. The molecule has 1 aliphatic carbocycles. The van der Waals surface area contributed by atoms with Crippen LogP contribution in [0.5, 0.6) is 0 Å². The Morgan fingerprint density at radius 1 is 1.00 bits per heavy atom. The number of piperidine rings is 2. The molecule has 1 atom stereocenters. The van der Waals surface area contributed by atoms with Crippen molar-refractivity contribution in [2.24, 2.45) is 5.92 Å². The highest BCUT2D eigenvalue weighted by molar-refractivity contribution is 5.94. The molecular weight excluding hydrogens is 382 g/mol. The van der Waals surface area contributed by atoms with E-state index in [2.05, 4.69) is 32.9 Å². The summed E-state index contributed by atoms with van der Waals surface area (Å²) in [6.07, 6.45) is 12.6. The third-order valence-corrected chi connectivity index (χ3v) is 7.83. The Balaban J connectivity index is 1.38. The molecule has 0 N–H and O–H groups in total. The maximum absolute atomic E-state index is 11.9. The number of Topliss-reactive ketones (excluding diaryl/α,β-unsaturated/α-hetero) is 1. The van der Waals surface area contributed by atoms with Gasteiger partial charge in [-0.05, 0) is 82.6 Å². The van der Waals surface area contributed by atoms with Crippen molar-refractivity contribution in [1.29, 1.82) is 0 Å². The van der Waals surface area contributed by atoms with Crippen LogP contribution in [0.25, 0.3) is 0 Å². The number of hydrogen-bond acceptors (Lipinski definition) is 4. The molecule has 0 radical (unpaired) electrons. The summed E-state index contributed by atoms with van der Waals surface area (Å²) in [6.45, 7) is 11.3. The van der Waals surface area contributed by atoms with Gasteiger partial charge in [-0.2, -0.15) is 0 Å². The van der Waals surface area contributed by atoms with Gasteiger partial charge >= 0.3 is 0 Å². The topological polar surface area (TPSA) is 26.8 Å². The van der Waals surface area contributed by atoms with E-state index in [0.717, 1.165) is 30.6 Å². The number of likely N-dealkylation sites (tertiary alicyclic amines) is 2. The highest BCUT2D eigenvalue weighted by Gasteiger charge is 2.29. The summed E-state index contributed by atoms with van der Waals surface area (Å²) in [5.41, 5.74) is 2.13. The Bertz CT molecular complexity index is 693. The summed E-state index contributed by atoms with van der Waals surface area (Å²) in [5, 5.41) is 0. The van der Waals surface area contributed by atoms with Gasteiger partial charge in [-0.3, -0.25) is 9.69 Å². The molecular formula is C27H43N3O. The maximum atomic E-state index is 11.9. The molecule has 172 valence electrons. The first-order valence-corrected chi connectivity index (χ1v) is 13.0. The number of nitrogens with zero attached hydrogens (tertiary/aromatic N) is 3. The van der Waals surface area contributed by atoms with E-state index >= 15 is 0 Å². The molecule has 0 spiro atoms. The van der Waals surface area contributed by atoms with Crippen LogP contribution in [-0.4, -0.2) is 72.3 Å². The van der Waals surface area contributed by atoms with E-state index in [1.807, 2.05) is 6.07 Å². The quantitative estimate of drug-likeness (QED) is 0.530. The Kier molecular flexibility index (Phi) is 8.57. The maximum Gasteiger partial charge on any atom is 0.159 e. The summed E-state index contributed by atoms with van der Waals surface area (Å²) in [7, 11) is 0. The fraction of sp³-hybridized carbons (Fsp3) is 0.741. The Labute approximate surface area is 190 Å². The van der Waals surface area contributed by atoms with E-state index in [1.54, 1.807) is 6.92 Å². The molecule has 1 aromatic rings. The fourth-order valence-electron chi connectivity index (χ4n) is 6.06. The second-order valence-corrected chi connectivity index (χ2v) is 10.3. The second-order valence-electron chi connectivity index (χ2n) is 10.3. The van der Waals surface area contributed by atoms with Crippen LogP contribution in [0, 0.1) is 5.92 Å². The SMILES string of the molecule is CC(=O)c1cccc(CN(CCN2CCCCC2)CC2CCCN(C3CCCC3)C2)c1. The lowest BCUT2D eigenvalue weighted by atomic mass is 9.95. The van der Waals surface area contributed by atoms with Crippen LogP contribution in [0.15, 0.2) is 24.3 Å². The molecule has 3 aliphatic rings. The minimum Gasteiger partial charge on any atom is -0.302 e. The van der Waals surface area contributed by atoms with Gasteiger partial charge in [0, 0.05) is 44.3 Å². The normalized spacial score (nSPS) is 24.1. The van der Waals surface area contributed by atoms with Gasteiger partial charge in [-0.15, -0.1) is 0 Å². The van der Waals surface area contributed by atoms with Gasteiger partial charge in [0.25, 0.3) is 0 Å². The van der Waals surface area contributed by atoms with Crippen molar-refractivity contribution in [3.8, 4) is 0 Å². The second kappa shape index (κ2) is 11.6. The van der Waals surface area contributed by atoms with Gasteiger partial charge in [0.05, 0.1) is 0 Å². The van der Waals surface area contributed by atoms with Crippen LogP contribution in [-0.2, 0) is 6.54 Å². The van der Waals surface area contributed by atoms with Gasteiger partial charge in [-0.25, -0.2) is 0 Å². The van der Waals surface area contributed by atoms with E-state index in [-0.39, 0.29) is 5.78 Å². The van der Waals surface area contributed by atoms with E-state index in [4.69, 9.17) is 0 Å². The summed E-state index contributed by atoms with van der Waals surface area (Å²) in [5.74, 6) is 0.952. The van der Waals surface area contributed by atoms with E-state index in [1.165, 1.54) is 103 Å². The van der Waals surface area contributed by atoms with Gasteiger partial charge < -0.3 is 9.80 Å². The molecule has 4 nitrogen and oxygen atoms in total. The summed E-state index contributed by atoms with van der Waals surface area (Å²) < 4.78 is 0. The number of ketones is 1. The van der Waals surface area contributed by atoms with Crippen LogP contribution >= 0.6 is 0 Å². The molecule has 4 rings (SSSR count). The van der Waals surface area contributed by atoms with Gasteiger partial charge in [0.2, 0.25) is 0 Å². The van der Waals surface area contributed by atoms with Crippen molar-refractivity contribution < 1.29 is 4.79 Å². The van der Waals surface area contributed by atoms with Crippen molar-refractivity contribution in [1.82, 2.24) is 14.7 Å². The predicted molar refractivity (Wildman–Crippen MR) is 129 cm³/mol. The van der Waals surface area contributed by atoms with Crippen LogP contribution < -0.4 is 0 Å². The monoisotopic (exact) mass is 425 g/mol. The lowest BCUT2D eigenvalue weighted by Gasteiger charge is -2.39. The Hall–Kier alpha value is -1.23. The van der Waals surface area contributed by atoms with Crippen molar-refractivity contribution in [3.63, 3.8) is 0 Å². The largest absolute Gasteiger partial charge is 0.302 e. The number of benzene rings is 1. The third kappa shape index (κ3) is 6.87. The predicted octanol–water partition coefficient (Wildman–Crippen LogP) is 4.83. The van der Waals surface area contributed by atoms with Gasteiger partial charge in [0.15, 0.2) is 5.78 Å². The van der Waals surface area contributed by atoms with Crippen LogP contribution in [0.3, 0.4) is 0 Å². The first-order valence-electron chi connectivity index (χ1n) is 13.0. The average molecular weight is 426 g/mol. The highest BCUT2D eigenvalue weighted by atomic mass is 16.1. The average Bonchev–Trinajstić information content (AvgIpc) is 3.34. The molecule has 4 heteroatoms. The number of hydrogen-bond donors (Lipinski definition) is 0. The lowest BCUT2D eigenvalue weighted by Crippen LogP contribution is -2.46. The molecule has 3 fully saturated rings. The molecule has 2 heterocycles. The summed E-state index contributed by atoms with van der Waals surface area (Å²) >= 11 is 0. The van der Waals surface area contributed by atoms with Crippen molar-refractivity contribution in [2.45, 2.75) is 77.3 Å². The highest BCUT2D eigenvalue weighted by Crippen LogP contribution is 2.28. The zero-order valence-corrected chi connectivity index (χ0v) is 19.7. The summed E-state index contributed by atoms with van der Waals surface area (Å²) in [4.78, 5) is 20.0. The van der Waals surface area contributed by atoms with Crippen molar-refractivity contribution in [3.05, 3.63) is 35.4 Å². The van der Waals surface area contributed by atoms with Gasteiger partial charge in [0.1, 0.15) is 0 Å². The smallest absolute Gasteiger partial charge is 0.159 e. The van der Waals surface area contributed by atoms with Crippen LogP contribution in [0.1, 0.15) is 80.6 Å². The fourth-order valence-corrected chi connectivity index (χ4v) is 6.06. The first-order chi connectivity index (χ1) is 15.2. The van der Waals surface area contributed by atoms with Crippen molar-refractivity contribution in [2.75, 3.05) is 45.8 Å². The van der Waals surface area contributed by atoms with Crippen molar-refractivity contribution >= 4 is 5.78 Å².